The molecule has 100 valence electrons. The van der Waals surface area contributed by atoms with Gasteiger partial charge in [0, 0.05) is 26.7 Å². The molecule has 0 radical (unpaired) electrons. The summed E-state index contributed by atoms with van der Waals surface area (Å²) in [5, 5.41) is 4.53. The molecule has 7 heteroatoms. The molecule has 0 heterocycles. The first-order valence-corrected chi connectivity index (χ1v) is 5.39. The maximum atomic E-state index is 11.6. The van der Waals surface area contributed by atoms with Gasteiger partial charge >= 0.3 is 6.03 Å². The quantitative estimate of drug-likeness (QED) is 0.543. The Kier molecular flexibility index (Phi) is 7.44. The van der Waals surface area contributed by atoms with E-state index in [0.717, 1.165) is 0 Å². The number of carbonyl (C=O) groups is 2. The zero-order valence-electron chi connectivity index (χ0n) is 10.8. The molecule has 0 saturated carbocycles. The normalized spacial score (nSPS) is 14.2. The lowest BCUT2D eigenvalue weighted by atomic mass is 10.2. The van der Waals surface area contributed by atoms with E-state index in [0.29, 0.717) is 13.2 Å². The summed E-state index contributed by atoms with van der Waals surface area (Å²) in [6, 6.07) is -1.12. The van der Waals surface area contributed by atoms with Crippen molar-refractivity contribution in [3.8, 4) is 0 Å². The van der Waals surface area contributed by atoms with Gasteiger partial charge in [0.05, 0.1) is 12.6 Å². The highest BCUT2D eigenvalue weighted by atomic mass is 16.5. The van der Waals surface area contributed by atoms with Crippen molar-refractivity contribution in [2.24, 2.45) is 5.73 Å². The van der Waals surface area contributed by atoms with Crippen LogP contribution < -0.4 is 16.4 Å². The SMILES string of the molecule is CNC(=O)NC(=O)C(C)N(C)CC(N)COC. The van der Waals surface area contributed by atoms with Crippen LogP contribution in [0, 0.1) is 0 Å². The van der Waals surface area contributed by atoms with E-state index in [9.17, 15) is 9.59 Å². The zero-order valence-corrected chi connectivity index (χ0v) is 10.8. The van der Waals surface area contributed by atoms with Gasteiger partial charge in [-0.2, -0.15) is 0 Å². The largest absolute Gasteiger partial charge is 0.383 e. The minimum absolute atomic E-state index is 0.166. The second-order valence-corrected chi connectivity index (χ2v) is 3.90. The molecule has 0 aliphatic heterocycles. The van der Waals surface area contributed by atoms with Gasteiger partial charge in [-0.25, -0.2) is 4.79 Å². The molecule has 0 aliphatic rings. The fourth-order valence-corrected chi connectivity index (χ4v) is 1.27. The number of hydrogen-bond donors (Lipinski definition) is 3. The lowest BCUT2D eigenvalue weighted by Crippen LogP contribution is -2.50. The predicted molar refractivity (Wildman–Crippen MR) is 64.5 cm³/mol. The predicted octanol–water partition coefficient (Wildman–Crippen LogP) is -1.26. The Morgan fingerprint density at radius 3 is 2.53 bits per heavy atom. The summed E-state index contributed by atoms with van der Waals surface area (Å²) in [6.45, 7) is 2.64. The van der Waals surface area contributed by atoms with E-state index in [1.54, 1.807) is 26.0 Å². The molecule has 0 bridgehead atoms. The minimum Gasteiger partial charge on any atom is -0.383 e. The number of ether oxygens (including phenoxy) is 1. The second kappa shape index (κ2) is 7.99. The second-order valence-electron chi connectivity index (χ2n) is 3.90. The van der Waals surface area contributed by atoms with Gasteiger partial charge in [-0.1, -0.05) is 0 Å². The molecule has 17 heavy (non-hydrogen) atoms. The minimum atomic E-state index is -0.517. The average Bonchev–Trinajstić information content (AvgIpc) is 2.27. The van der Waals surface area contributed by atoms with Gasteiger partial charge in [0.1, 0.15) is 0 Å². The molecule has 0 fully saturated rings. The van der Waals surface area contributed by atoms with Gasteiger partial charge in [0.15, 0.2) is 0 Å². The molecule has 2 atom stereocenters. The summed E-state index contributed by atoms with van der Waals surface area (Å²) in [7, 11) is 4.79. The molecule has 0 aromatic heterocycles. The highest BCUT2D eigenvalue weighted by Crippen LogP contribution is 1.97. The number of imide groups is 1. The van der Waals surface area contributed by atoms with Crippen LogP contribution in [-0.2, 0) is 9.53 Å². The number of nitrogens with two attached hydrogens (primary N) is 1. The van der Waals surface area contributed by atoms with E-state index in [1.807, 2.05) is 0 Å². The van der Waals surface area contributed by atoms with Crippen LogP contribution in [0.25, 0.3) is 0 Å². The Labute approximate surface area is 102 Å². The maximum Gasteiger partial charge on any atom is 0.321 e. The number of methoxy groups -OCH3 is 1. The molecule has 0 spiro atoms. The standard InChI is InChI=1S/C10H22N4O3/c1-7(9(15)13-10(16)12-2)14(3)5-8(11)6-17-4/h7-8H,5-6,11H2,1-4H3,(H2,12,13,15,16). The zero-order chi connectivity index (χ0) is 13.4. The van der Waals surface area contributed by atoms with Crippen LogP contribution in [0.2, 0.25) is 0 Å². The summed E-state index contributed by atoms with van der Waals surface area (Å²) in [5.41, 5.74) is 5.77. The maximum absolute atomic E-state index is 11.6. The molecule has 0 aliphatic carbocycles. The van der Waals surface area contributed by atoms with Gasteiger partial charge in [-0.15, -0.1) is 0 Å². The number of likely N-dealkylation sites (N-methyl/N-ethyl adjacent to an activating group) is 1. The molecule has 0 rings (SSSR count). The Hall–Kier alpha value is -1.18. The van der Waals surface area contributed by atoms with Gasteiger partial charge in [-0.3, -0.25) is 15.0 Å². The van der Waals surface area contributed by atoms with E-state index in [4.69, 9.17) is 10.5 Å². The van der Waals surface area contributed by atoms with Crippen molar-refractivity contribution >= 4 is 11.9 Å². The van der Waals surface area contributed by atoms with Crippen molar-refractivity contribution < 1.29 is 14.3 Å². The highest BCUT2D eigenvalue weighted by Gasteiger charge is 2.20. The Morgan fingerprint density at radius 2 is 2.06 bits per heavy atom. The Balaban J connectivity index is 4.15. The van der Waals surface area contributed by atoms with E-state index in [-0.39, 0.29) is 11.9 Å². The van der Waals surface area contributed by atoms with Crippen molar-refractivity contribution in [3.05, 3.63) is 0 Å². The van der Waals surface area contributed by atoms with Crippen LogP contribution in [0.1, 0.15) is 6.92 Å². The Bertz CT molecular complexity index is 260. The van der Waals surface area contributed by atoms with E-state index in [2.05, 4.69) is 10.6 Å². The summed E-state index contributed by atoms with van der Waals surface area (Å²) < 4.78 is 4.91. The van der Waals surface area contributed by atoms with Crippen molar-refractivity contribution in [1.29, 1.82) is 0 Å². The van der Waals surface area contributed by atoms with Gasteiger partial charge in [0.2, 0.25) is 5.91 Å². The molecule has 2 unspecified atom stereocenters. The number of amides is 3. The molecule has 7 nitrogen and oxygen atoms in total. The fourth-order valence-electron chi connectivity index (χ4n) is 1.27. The molecule has 0 aromatic carbocycles. The molecule has 4 N–H and O–H groups in total. The average molecular weight is 246 g/mol. The third-order valence-electron chi connectivity index (χ3n) is 2.41. The fraction of sp³-hybridized carbons (Fsp3) is 0.800. The van der Waals surface area contributed by atoms with Crippen LogP contribution in [-0.4, -0.2) is 63.3 Å². The third-order valence-corrected chi connectivity index (χ3v) is 2.41. The van der Waals surface area contributed by atoms with Crippen molar-refractivity contribution in [2.45, 2.75) is 19.0 Å². The number of carbonyl (C=O) groups excluding carboxylic acids is 2. The van der Waals surface area contributed by atoms with E-state index < -0.39 is 12.1 Å². The van der Waals surface area contributed by atoms with Crippen LogP contribution >= 0.6 is 0 Å². The summed E-state index contributed by atoms with van der Waals surface area (Å²) >= 11 is 0. The monoisotopic (exact) mass is 246 g/mol. The lowest BCUT2D eigenvalue weighted by Gasteiger charge is -2.26. The van der Waals surface area contributed by atoms with Crippen LogP contribution in [0.15, 0.2) is 0 Å². The van der Waals surface area contributed by atoms with Gasteiger partial charge in [0.25, 0.3) is 0 Å². The molecule has 0 saturated heterocycles. The van der Waals surface area contributed by atoms with Gasteiger partial charge < -0.3 is 15.8 Å². The van der Waals surface area contributed by atoms with E-state index >= 15 is 0 Å². The summed E-state index contributed by atoms with van der Waals surface area (Å²) in [5.74, 6) is -0.364. The number of rotatable bonds is 6. The van der Waals surface area contributed by atoms with Gasteiger partial charge in [-0.05, 0) is 14.0 Å². The molecule has 0 aromatic rings. The van der Waals surface area contributed by atoms with E-state index in [1.165, 1.54) is 7.05 Å². The lowest BCUT2D eigenvalue weighted by molar-refractivity contribution is -0.124. The Morgan fingerprint density at radius 1 is 1.47 bits per heavy atom. The first-order chi connectivity index (χ1) is 7.92. The summed E-state index contributed by atoms with van der Waals surface area (Å²) in [6.07, 6.45) is 0. The molecular weight excluding hydrogens is 224 g/mol. The first kappa shape index (κ1) is 15.8. The number of hydrogen-bond acceptors (Lipinski definition) is 5. The number of urea groups is 1. The number of nitrogens with one attached hydrogen (secondary N) is 2. The molecular formula is C10H22N4O3. The van der Waals surface area contributed by atoms with Crippen molar-refractivity contribution in [1.82, 2.24) is 15.5 Å². The third kappa shape index (κ3) is 6.20. The van der Waals surface area contributed by atoms with Crippen LogP contribution in [0.5, 0.6) is 0 Å². The summed E-state index contributed by atoms with van der Waals surface area (Å²) in [4.78, 5) is 24.3. The molecule has 3 amide bonds. The van der Waals surface area contributed by atoms with Crippen LogP contribution in [0.4, 0.5) is 4.79 Å². The smallest absolute Gasteiger partial charge is 0.321 e. The first-order valence-electron chi connectivity index (χ1n) is 5.39. The highest BCUT2D eigenvalue weighted by molar-refractivity contribution is 5.96. The van der Waals surface area contributed by atoms with Crippen molar-refractivity contribution in [3.63, 3.8) is 0 Å². The topological polar surface area (TPSA) is 96.7 Å². The van der Waals surface area contributed by atoms with Crippen LogP contribution in [0.3, 0.4) is 0 Å². The van der Waals surface area contributed by atoms with Crippen molar-refractivity contribution in [2.75, 3.05) is 34.4 Å². The number of nitrogens with zero attached hydrogens (tertiary/aromatic N) is 1.